The van der Waals surface area contributed by atoms with Crippen molar-refractivity contribution in [3.63, 3.8) is 0 Å². The molecule has 1 aliphatic heterocycles. The molecule has 0 saturated heterocycles. The zero-order valence-corrected chi connectivity index (χ0v) is 10.9. The highest BCUT2D eigenvalue weighted by Crippen LogP contribution is 2.53. The van der Waals surface area contributed by atoms with Crippen LogP contribution < -0.4 is 0 Å². The van der Waals surface area contributed by atoms with E-state index in [2.05, 4.69) is 4.99 Å². The van der Waals surface area contributed by atoms with Crippen LogP contribution in [0.1, 0.15) is 19.3 Å². The van der Waals surface area contributed by atoms with Crippen LogP contribution in [0.5, 0.6) is 0 Å². The van der Waals surface area contributed by atoms with Crippen LogP contribution in [0.25, 0.3) is 0 Å². The normalized spacial score (nSPS) is 24.6. The van der Waals surface area contributed by atoms with E-state index in [1.807, 2.05) is 0 Å². The van der Waals surface area contributed by atoms with Gasteiger partial charge in [-0.2, -0.15) is 0 Å². The number of hydrogen-bond acceptors (Lipinski definition) is 2. The number of nitrogens with zero attached hydrogens (tertiary/aromatic N) is 2. The molecule has 1 atom stereocenters. The maximum Gasteiger partial charge on any atom is 0.255 e. The number of carbonyl (C=O) groups excluding carboxylic acids is 1. The first-order valence-corrected chi connectivity index (χ1v) is 6.44. The molecule has 0 aromatic rings. The predicted molar refractivity (Wildman–Crippen MR) is 66.2 cm³/mol. The predicted octanol–water partition coefficient (Wildman–Crippen LogP) is 2.46. The Kier molecular flexibility index (Phi) is 3.71. The molecule has 3 nitrogen and oxygen atoms in total. The van der Waals surface area contributed by atoms with Crippen molar-refractivity contribution >= 4 is 23.3 Å². The van der Waals surface area contributed by atoms with Crippen LogP contribution in [-0.4, -0.2) is 42.0 Å². The Bertz CT molecular complexity index is 420. The van der Waals surface area contributed by atoms with Crippen molar-refractivity contribution in [2.45, 2.75) is 25.2 Å². The molecule has 0 spiro atoms. The molecule has 1 amide bonds. The maximum atomic E-state index is 12.9. The van der Waals surface area contributed by atoms with Gasteiger partial charge >= 0.3 is 0 Å². The first kappa shape index (κ1) is 13.5. The maximum absolute atomic E-state index is 12.9. The molecular formula is C12H15ClF2N2O. The second kappa shape index (κ2) is 4.96. The number of amidine groups is 1. The summed E-state index contributed by atoms with van der Waals surface area (Å²) in [7, 11) is 1.61. The Labute approximate surface area is 110 Å². The number of hydrogen-bond donors (Lipinski definition) is 0. The second-order valence-corrected chi connectivity index (χ2v) is 5.03. The van der Waals surface area contributed by atoms with E-state index in [1.54, 1.807) is 13.1 Å². The van der Waals surface area contributed by atoms with Gasteiger partial charge in [0, 0.05) is 25.8 Å². The van der Waals surface area contributed by atoms with E-state index in [0.29, 0.717) is 30.1 Å². The van der Waals surface area contributed by atoms with Gasteiger partial charge in [0.15, 0.2) is 0 Å². The highest BCUT2D eigenvalue weighted by Gasteiger charge is 2.58. The average molecular weight is 277 g/mol. The third-order valence-electron chi connectivity index (χ3n) is 3.25. The molecule has 1 unspecified atom stereocenters. The standard InChI is InChI=1S/C12H15ClF2N2O/c1-17(11(18)3-2-4-13)10-5-8(7-16-10)9-6-12(9,14)15/h5,9H,2-4,6-7H2,1H3. The number of amides is 1. The lowest BCUT2D eigenvalue weighted by molar-refractivity contribution is -0.126. The molecule has 1 saturated carbocycles. The van der Waals surface area contributed by atoms with E-state index in [0.717, 1.165) is 0 Å². The van der Waals surface area contributed by atoms with Crippen LogP contribution in [0.15, 0.2) is 16.6 Å². The van der Waals surface area contributed by atoms with E-state index < -0.39 is 11.8 Å². The summed E-state index contributed by atoms with van der Waals surface area (Å²) in [4.78, 5) is 17.3. The highest BCUT2D eigenvalue weighted by atomic mass is 35.5. The molecule has 0 aromatic heterocycles. The molecule has 1 heterocycles. The number of carbonyl (C=O) groups is 1. The molecule has 0 aromatic carbocycles. The lowest BCUT2D eigenvalue weighted by atomic mass is 10.1. The fraction of sp³-hybridized carbons (Fsp3) is 0.667. The number of halogens is 3. The molecule has 1 aliphatic carbocycles. The van der Waals surface area contributed by atoms with Gasteiger partial charge in [0.1, 0.15) is 5.84 Å². The Morgan fingerprint density at radius 1 is 1.67 bits per heavy atom. The van der Waals surface area contributed by atoms with Crippen molar-refractivity contribution < 1.29 is 13.6 Å². The van der Waals surface area contributed by atoms with Crippen LogP contribution in [0.2, 0.25) is 0 Å². The van der Waals surface area contributed by atoms with Crippen LogP contribution in [0.3, 0.4) is 0 Å². The third kappa shape index (κ3) is 2.71. The summed E-state index contributed by atoms with van der Waals surface area (Å²) in [5.74, 6) is -2.42. The van der Waals surface area contributed by atoms with Crippen molar-refractivity contribution in [3.8, 4) is 0 Å². The van der Waals surface area contributed by atoms with E-state index in [-0.39, 0.29) is 18.9 Å². The minimum absolute atomic E-state index is 0.0885. The first-order chi connectivity index (χ1) is 8.45. The largest absolute Gasteiger partial charge is 0.300 e. The Morgan fingerprint density at radius 2 is 2.33 bits per heavy atom. The van der Waals surface area contributed by atoms with Gasteiger partial charge in [0.05, 0.1) is 12.5 Å². The fourth-order valence-electron chi connectivity index (χ4n) is 1.97. The smallest absolute Gasteiger partial charge is 0.255 e. The quantitative estimate of drug-likeness (QED) is 0.726. The molecule has 18 heavy (non-hydrogen) atoms. The molecule has 0 N–H and O–H groups in total. The monoisotopic (exact) mass is 276 g/mol. The molecule has 0 radical (unpaired) electrons. The zero-order chi connectivity index (χ0) is 13.3. The van der Waals surface area contributed by atoms with Crippen molar-refractivity contribution in [3.05, 3.63) is 11.6 Å². The van der Waals surface area contributed by atoms with Gasteiger partial charge < -0.3 is 4.90 Å². The highest BCUT2D eigenvalue weighted by molar-refractivity contribution is 6.18. The average Bonchev–Trinajstić information content (AvgIpc) is 2.80. The summed E-state index contributed by atoms with van der Waals surface area (Å²) in [6.45, 7) is 0.280. The third-order valence-corrected chi connectivity index (χ3v) is 3.52. The topological polar surface area (TPSA) is 32.7 Å². The van der Waals surface area contributed by atoms with Crippen molar-refractivity contribution in [1.29, 1.82) is 0 Å². The number of rotatable bonds is 4. The summed E-state index contributed by atoms with van der Waals surface area (Å²) in [6.07, 6.45) is 2.48. The molecule has 2 rings (SSSR count). The van der Waals surface area contributed by atoms with E-state index in [1.165, 1.54) is 4.90 Å². The lowest BCUT2D eigenvalue weighted by Crippen LogP contribution is -2.31. The van der Waals surface area contributed by atoms with Gasteiger partial charge in [-0.3, -0.25) is 9.79 Å². The van der Waals surface area contributed by atoms with Crippen molar-refractivity contribution in [2.24, 2.45) is 10.9 Å². The van der Waals surface area contributed by atoms with Crippen LogP contribution in [0.4, 0.5) is 8.78 Å². The number of alkyl halides is 3. The van der Waals surface area contributed by atoms with Crippen molar-refractivity contribution in [1.82, 2.24) is 4.90 Å². The number of aliphatic imine (C=N–C) groups is 1. The Morgan fingerprint density at radius 3 is 2.89 bits per heavy atom. The second-order valence-electron chi connectivity index (χ2n) is 4.66. The van der Waals surface area contributed by atoms with E-state index in [4.69, 9.17) is 11.6 Å². The first-order valence-electron chi connectivity index (χ1n) is 5.91. The van der Waals surface area contributed by atoms with Crippen LogP contribution in [-0.2, 0) is 4.79 Å². The summed E-state index contributed by atoms with van der Waals surface area (Å²) < 4.78 is 25.8. The van der Waals surface area contributed by atoms with E-state index >= 15 is 0 Å². The molecule has 2 aliphatic rings. The molecule has 0 bridgehead atoms. The fourth-order valence-corrected chi connectivity index (χ4v) is 2.11. The summed E-state index contributed by atoms with van der Waals surface area (Å²) in [5, 5.41) is 0. The zero-order valence-electron chi connectivity index (χ0n) is 10.1. The molecule has 6 heteroatoms. The summed E-state index contributed by atoms with van der Waals surface area (Å²) in [5.41, 5.74) is 0.631. The summed E-state index contributed by atoms with van der Waals surface area (Å²) >= 11 is 5.52. The molecular weight excluding hydrogens is 262 g/mol. The Balaban J connectivity index is 1.93. The Hall–Kier alpha value is -0.970. The van der Waals surface area contributed by atoms with Crippen LogP contribution in [0, 0.1) is 5.92 Å². The summed E-state index contributed by atoms with van der Waals surface area (Å²) in [6, 6.07) is 0. The van der Waals surface area contributed by atoms with Crippen molar-refractivity contribution in [2.75, 3.05) is 19.5 Å². The minimum Gasteiger partial charge on any atom is -0.300 e. The van der Waals surface area contributed by atoms with Gasteiger partial charge in [-0.05, 0) is 18.1 Å². The number of likely N-dealkylation sites (N-methyl/N-ethyl adjacent to an activating group) is 1. The van der Waals surface area contributed by atoms with Gasteiger partial charge in [-0.1, -0.05) is 0 Å². The minimum atomic E-state index is -2.57. The van der Waals surface area contributed by atoms with Gasteiger partial charge in [-0.15, -0.1) is 11.6 Å². The SMILES string of the molecule is CN(C(=O)CCCCl)C1=NCC(C2CC2(F)F)=C1. The van der Waals surface area contributed by atoms with Gasteiger partial charge in [0.25, 0.3) is 5.92 Å². The molecule has 1 fully saturated rings. The van der Waals surface area contributed by atoms with E-state index in [9.17, 15) is 13.6 Å². The van der Waals surface area contributed by atoms with Gasteiger partial charge in [-0.25, -0.2) is 8.78 Å². The lowest BCUT2D eigenvalue weighted by Gasteiger charge is -2.15. The van der Waals surface area contributed by atoms with Gasteiger partial charge in [0.2, 0.25) is 5.91 Å². The van der Waals surface area contributed by atoms with Crippen LogP contribution >= 0.6 is 11.6 Å². The molecule has 100 valence electrons.